The fourth-order valence-corrected chi connectivity index (χ4v) is 3.26. The van der Waals surface area contributed by atoms with Crippen LogP contribution in [0.15, 0.2) is 18.2 Å². The summed E-state index contributed by atoms with van der Waals surface area (Å²) in [5, 5.41) is 0.805. The van der Waals surface area contributed by atoms with Gasteiger partial charge in [-0.25, -0.2) is 0 Å². The van der Waals surface area contributed by atoms with Gasteiger partial charge in [0.1, 0.15) is 0 Å². The third-order valence-corrected chi connectivity index (χ3v) is 4.27. The van der Waals surface area contributed by atoms with Crippen molar-refractivity contribution in [2.75, 3.05) is 11.4 Å². The highest BCUT2D eigenvalue weighted by Gasteiger charge is 2.23. The molecule has 1 aliphatic heterocycles. The summed E-state index contributed by atoms with van der Waals surface area (Å²) in [5.74, 6) is 0.557. The maximum Gasteiger partial charge on any atom is 0.0494 e. The monoisotopic (exact) mass is 285 g/mol. The first-order valence-electron chi connectivity index (χ1n) is 6.87. The van der Waals surface area contributed by atoms with E-state index in [0.29, 0.717) is 11.9 Å². The molecule has 0 aliphatic carbocycles. The second kappa shape index (κ2) is 6.68. The lowest BCUT2D eigenvalue weighted by Crippen LogP contribution is -2.40. The minimum Gasteiger partial charge on any atom is -0.368 e. The van der Waals surface area contributed by atoms with Gasteiger partial charge >= 0.3 is 0 Å². The van der Waals surface area contributed by atoms with Crippen molar-refractivity contribution in [3.63, 3.8) is 0 Å². The Morgan fingerprint density at radius 3 is 2.89 bits per heavy atom. The summed E-state index contributed by atoms with van der Waals surface area (Å²) in [6.45, 7) is 3.39. The highest BCUT2D eigenvalue weighted by atomic mass is 35.5. The molecule has 1 aliphatic rings. The Labute approximate surface area is 120 Å². The topological polar surface area (TPSA) is 3.24 Å². The van der Waals surface area contributed by atoms with Crippen LogP contribution in [-0.4, -0.2) is 12.6 Å². The van der Waals surface area contributed by atoms with Crippen molar-refractivity contribution < 1.29 is 0 Å². The molecule has 1 heterocycles. The largest absolute Gasteiger partial charge is 0.368 e. The zero-order valence-corrected chi connectivity index (χ0v) is 12.5. The van der Waals surface area contributed by atoms with Crippen molar-refractivity contribution in [1.29, 1.82) is 0 Å². The van der Waals surface area contributed by atoms with Crippen LogP contribution in [0.2, 0.25) is 5.02 Å². The van der Waals surface area contributed by atoms with Crippen LogP contribution in [0.4, 0.5) is 5.69 Å². The molecule has 1 saturated heterocycles. The number of benzene rings is 1. The van der Waals surface area contributed by atoms with E-state index in [-0.39, 0.29) is 0 Å². The van der Waals surface area contributed by atoms with Gasteiger partial charge in [-0.05, 0) is 43.4 Å². The quantitative estimate of drug-likeness (QED) is 0.684. The molecule has 100 valence electrons. The van der Waals surface area contributed by atoms with E-state index in [1.807, 2.05) is 6.07 Å². The van der Waals surface area contributed by atoms with Gasteiger partial charge in [-0.2, -0.15) is 0 Å². The number of piperidine rings is 1. The first-order chi connectivity index (χ1) is 8.76. The molecule has 1 aromatic rings. The smallest absolute Gasteiger partial charge is 0.0494 e. The van der Waals surface area contributed by atoms with Crippen LogP contribution < -0.4 is 4.90 Å². The Kier molecular flexibility index (Phi) is 5.20. The molecule has 0 radical (unpaired) electrons. The fourth-order valence-electron chi connectivity index (χ4n) is 2.87. The molecular weight excluding hydrogens is 265 g/mol. The first-order valence-corrected chi connectivity index (χ1v) is 7.78. The second-order valence-electron chi connectivity index (χ2n) is 5.04. The first kappa shape index (κ1) is 14.0. The standard InChI is InChI=1S/C15H21Cl2N/c1-2-5-14-6-3-4-9-18(14)15-10-13(17)8-7-12(15)11-16/h7-8,10,14H,2-6,9,11H2,1H3. The number of rotatable bonds is 4. The van der Waals surface area contributed by atoms with E-state index in [2.05, 4.69) is 24.0 Å². The Balaban J connectivity index is 2.29. The van der Waals surface area contributed by atoms with Crippen LogP contribution in [0, 0.1) is 0 Å². The van der Waals surface area contributed by atoms with Gasteiger partial charge in [0, 0.05) is 29.2 Å². The van der Waals surface area contributed by atoms with Gasteiger partial charge in [-0.1, -0.05) is 31.0 Å². The highest BCUT2D eigenvalue weighted by Crippen LogP contribution is 2.32. The number of halogens is 2. The van der Waals surface area contributed by atoms with Crippen LogP contribution in [0.3, 0.4) is 0 Å². The summed E-state index contributed by atoms with van der Waals surface area (Å²) >= 11 is 12.2. The summed E-state index contributed by atoms with van der Waals surface area (Å²) in [7, 11) is 0. The molecule has 0 bridgehead atoms. The number of hydrogen-bond donors (Lipinski definition) is 0. The van der Waals surface area contributed by atoms with Crippen molar-refractivity contribution >= 4 is 28.9 Å². The van der Waals surface area contributed by atoms with E-state index in [0.717, 1.165) is 11.6 Å². The second-order valence-corrected chi connectivity index (χ2v) is 5.74. The molecule has 0 saturated carbocycles. The molecule has 1 fully saturated rings. The van der Waals surface area contributed by atoms with Crippen molar-refractivity contribution in [2.24, 2.45) is 0 Å². The van der Waals surface area contributed by atoms with Crippen LogP contribution >= 0.6 is 23.2 Å². The molecule has 18 heavy (non-hydrogen) atoms. The molecule has 1 nitrogen and oxygen atoms in total. The van der Waals surface area contributed by atoms with Gasteiger partial charge in [-0.3, -0.25) is 0 Å². The zero-order chi connectivity index (χ0) is 13.0. The summed E-state index contributed by atoms with van der Waals surface area (Å²) in [5.41, 5.74) is 2.44. The molecule has 1 aromatic carbocycles. The number of alkyl halides is 1. The summed E-state index contributed by atoms with van der Waals surface area (Å²) < 4.78 is 0. The summed E-state index contributed by atoms with van der Waals surface area (Å²) in [6, 6.07) is 6.72. The van der Waals surface area contributed by atoms with E-state index >= 15 is 0 Å². The molecule has 3 heteroatoms. The van der Waals surface area contributed by atoms with E-state index in [4.69, 9.17) is 23.2 Å². The maximum absolute atomic E-state index is 6.15. The lowest BCUT2D eigenvalue weighted by molar-refractivity contribution is 0.434. The molecule has 0 aromatic heterocycles. The van der Waals surface area contributed by atoms with Crippen LogP contribution in [-0.2, 0) is 5.88 Å². The molecular formula is C15H21Cl2N. The van der Waals surface area contributed by atoms with Gasteiger partial charge in [0.15, 0.2) is 0 Å². The van der Waals surface area contributed by atoms with E-state index < -0.39 is 0 Å². The van der Waals surface area contributed by atoms with Gasteiger partial charge in [0.25, 0.3) is 0 Å². The van der Waals surface area contributed by atoms with Crippen LogP contribution in [0.5, 0.6) is 0 Å². The van der Waals surface area contributed by atoms with Crippen molar-refractivity contribution in [2.45, 2.75) is 50.9 Å². The molecule has 2 rings (SSSR count). The van der Waals surface area contributed by atoms with Gasteiger partial charge in [0.2, 0.25) is 0 Å². The van der Waals surface area contributed by atoms with E-state index in [1.165, 1.54) is 43.4 Å². The predicted octanol–water partition coefficient (Wildman–Crippen LogP) is 5.24. The van der Waals surface area contributed by atoms with Crippen molar-refractivity contribution in [1.82, 2.24) is 0 Å². The maximum atomic E-state index is 6.15. The SMILES string of the molecule is CCCC1CCCCN1c1cc(Cl)ccc1CCl. The summed E-state index contributed by atoms with van der Waals surface area (Å²) in [4.78, 5) is 2.52. The Hall–Kier alpha value is -0.400. The molecule has 0 N–H and O–H groups in total. The molecule has 0 amide bonds. The van der Waals surface area contributed by atoms with E-state index in [1.54, 1.807) is 0 Å². The summed E-state index contributed by atoms with van der Waals surface area (Å²) in [6.07, 6.45) is 6.40. The lowest BCUT2D eigenvalue weighted by Gasteiger charge is -2.38. The van der Waals surface area contributed by atoms with Crippen molar-refractivity contribution in [3.05, 3.63) is 28.8 Å². The third-order valence-electron chi connectivity index (χ3n) is 3.75. The van der Waals surface area contributed by atoms with Gasteiger partial charge in [0.05, 0.1) is 0 Å². The normalized spacial score (nSPS) is 20.2. The van der Waals surface area contributed by atoms with Gasteiger partial charge in [-0.15, -0.1) is 11.6 Å². The average Bonchev–Trinajstić information content (AvgIpc) is 2.40. The Bertz CT molecular complexity index is 390. The minimum absolute atomic E-state index is 0.557. The zero-order valence-electron chi connectivity index (χ0n) is 11.0. The van der Waals surface area contributed by atoms with Crippen LogP contribution in [0.1, 0.15) is 44.6 Å². The number of anilines is 1. The van der Waals surface area contributed by atoms with Crippen molar-refractivity contribution in [3.8, 4) is 0 Å². The number of hydrogen-bond acceptors (Lipinski definition) is 1. The molecule has 0 spiro atoms. The Morgan fingerprint density at radius 1 is 1.33 bits per heavy atom. The Morgan fingerprint density at radius 2 is 2.17 bits per heavy atom. The molecule has 1 unspecified atom stereocenters. The van der Waals surface area contributed by atoms with Crippen LogP contribution in [0.25, 0.3) is 0 Å². The minimum atomic E-state index is 0.557. The highest BCUT2D eigenvalue weighted by molar-refractivity contribution is 6.31. The number of nitrogens with zero attached hydrogens (tertiary/aromatic N) is 1. The van der Waals surface area contributed by atoms with Gasteiger partial charge < -0.3 is 4.90 Å². The fraction of sp³-hybridized carbons (Fsp3) is 0.600. The predicted molar refractivity (Wildman–Crippen MR) is 80.9 cm³/mol. The van der Waals surface area contributed by atoms with E-state index in [9.17, 15) is 0 Å². The lowest BCUT2D eigenvalue weighted by atomic mass is 9.96. The third kappa shape index (κ3) is 3.13. The average molecular weight is 286 g/mol. The molecule has 1 atom stereocenters.